The largest absolute Gasteiger partial charge is 0.480 e. The summed E-state index contributed by atoms with van der Waals surface area (Å²) in [5.74, 6) is -3.53. The Morgan fingerprint density at radius 1 is 1.35 bits per heavy atom. The molecule has 0 aliphatic heterocycles. The summed E-state index contributed by atoms with van der Waals surface area (Å²) >= 11 is 0. The maximum absolute atomic E-state index is 13.4. The van der Waals surface area contributed by atoms with Crippen LogP contribution in [0.15, 0.2) is 18.2 Å². The second kappa shape index (κ2) is 6.98. The van der Waals surface area contributed by atoms with Crippen LogP contribution in [0.5, 0.6) is 0 Å². The molecule has 0 unspecified atom stereocenters. The Morgan fingerprint density at radius 2 is 2.00 bits per heavy atom. The van der Waals surface area contributed by atoms with Gasteiger partial charge in [0.25, 0.3) is 0 Å². The third-order valence-electron chi connectivity index (χ3n) is 3.16. The van der Waals surface area contributed by atoms with Crippen molar-refractivity contribution in [2.24, 2.45) is 5.92 Å². The predicted molar refractivity (Wildman–Crippen MR) is 69.1 cm³/mol. The van der Waals surface area contributed by atoms with E-state index in [1.54, 1.807) is 6.92 Å². The number of halogens is 2. The number of carboxylic acid groups (broad SMARTS) is 1. The molecule has 0 aliphatic carbocycles. The standard InChI is InChI=1S/C14H17F2NO3/c1-3-8(2)13(14(19)20)17-12(18)6-9-4-5-10(15)7-11(9)16/h4-5,7-8,13H,3,6H2,1-2H3,(H,17,18)(H,19,20)/t8-,13+/m1/s1. The van der Waals surface area contributed by atoms with Crippen molar-refractivity contribution in [3.63, 3.8) is 0 Å². The fourth-order valence-corrected chi connectivity index (χ4v) is 1.75. The smallest absolute Gasteiger partial charge is 0.326 e. The van der Waals surface area contributed by atoms with Crippen LogP contribution in [-0.2, 0) is 16.0 Å². The first-order valence-electron chi connectivity index (χ1n) is 6.31. The lowest BCUT2D eigenvalue weighted by atomic mass is 9.99. The minimum absolute atomic E-state index is 0.0252. The molecule has 0 heterocycles. The molecule has 0 spiro atoms. The van der Waals surface area contributed by atoms with E-state index in [2.05, 4.69) is 5.32 Å². The molecular formula is C14H17F2NO3. The van der Waals surface area contributed by atoms with Gasteiger partial charge in [-0.2, -0.15) is 0 Å². The highest BCUT2D eigenvalue weighted by Gasteiger charge is 2.25. The van der Waals surface area contributed by atoms with E-state index in [-0.39, 0.29) is 17.9 Å². The summed E-state index contributed by atoms with van der Waals surface area (Å²) in [6, 6.07) is 1.89. The van der Waals surface area contributed by atoms with Gasteiger partial charge in [-0.15, -0.1) is 0 Å². The molecule has 20 heavy (non-hydrogen) atoms. The second-order valence-corrected chi connectivity index (χ2v) is 4.68. The molecule has 0 bridgehead atoms. The first-order chi connectivity index (χ1) is 9.35. The van der Waals surface area contributed by atoms with Crippen LogP contribution in [0.2, 0.25) is 0 Å². The van der Waals surface area contributed by atoms with Crippen molar-refractivity contribution in [2.45, 2.75) is 32.7 Å². The van der Waals surface area contributed by atoms with Gasteiger partial charge in [0.15, 0.2) is 0 Å². The Morgan fingerprint density at radius 3 is 2.50 bits per heavy atom. The number of aliphatic carboxylic acids is 1. The Bertz CT molecular complexity index is 505. The van der Waals surface area contributed by atoms with Crippen molar-refractivity contribution < 1.29 is 23.5 Å². The highest BCUT2D eigenvalue weighted by Crippen LogP contribution is 2.12. The number of carboxylic acids is 1. The normalized spacial score (nSPS) is 13.6. The van der Waals surface area contributed by atoms with Crippen molar-refractivity contribution in [3.8, 4) is 0 Å². The van der Waals surface area contributed by atoms with Crippen LogP contribution in [0.4, 0.5) is 8.78 Å². The number of nitrogens with one attached hydrogen (secondary N) is 1. The van der Waals surface area contributed by atoms with Gasteiger partial charge in [0.05, 0.1) is 6.42 Å². The van der Waals surface area contributed by atoms with Crippen molar-refractivity contribution >= 4 is 11.9 Å². The van der Waals surface area contributed by atoms with Crippen LogP contribution in [0.25, 0.3) is 0 Å². The summed E-state index contributed by atoms with van der Waals surface area (Å²) in [6.45, 7) is 3.52. The lowest BCUT2D eigenvalue weighted by Crippen LogP contribution is -2.45. The van der Waals surface area contributed by atoms with E-state index in [4.69, 9.17) is 5.11 Å². The van der Waals surface area contributed by atoms with Gasteiger partial charge >= 0.3 is 5.97 Å². The second-order valence-electron chi connectivity index (χ2n) is 4.68. The number of benzene rings is 1. The zero-order chi connectivity index (χ0) is 15.3. The van der Waals surface area contributed by atoms with Gasteiger partial charge < -0.3 is 10.4 Å². The molecule has 6 heteroatoms. The number of carbonyl (C=O) groups excluding carboxylic acids is 1. The summed E-state index contributed by atoms with van der Waals surface area (Å²) in [4.78, 5) is 22.8. The molecule has 1 aromatic rings. The van der Waals surface area contributed by atoms with Crippen LogP contribution in [0.3, 0.4) is 0 Å². The van der Waals surface area contributed by atoms with Crippen LogP contribution >= 0.6 is 0 Å². The van der Waals surface area contributed by atoms with Crippen molar-refractivity contribution in [3.05, 3.63) is 35.4 Å². The minimum Gasteiger partial charge on any atom is -0.480 e. The van der Waals surface area contributed by atoms with E-state index in [0.717, 1.165) is 6.07 Å². The van der Waals surface area contributed by atoms with Crippen LogP contribution < -0.4 is 5.32 Å². The number of carbonyl (C=O) groups is 2. The third kappa shape index (κ3) is 4.29. The van der Waals surface area contributed by atoms with E-state index in [1.807, 2.05) is 6.92 Å². The summed E-state index contributed by atoms with van der Waals surface area (Å²) < 4.78 is 26.1. The summed E-state index contributed by atoms with van der Waals surface area (Å²) in [7, 11) is 0. The highest BCUT2D eigenvalue weighted by atomic mass is 19.1. The third-order valence-corrected chi connectivity index (χ3v) is 3.16. The molecular weight excluding hydrogens is 268 g/mol. The quantitative estimate of drug-likeness (QED) is 0.841. The molecule has 1 aromatic carbocycles. The average Bonchev–Trinajstić information content (AvgIpc) is 2.38. The highest BCUT2D eigenvalue weighted by molar-refractivity contribution is 5.85. The molecule has 0 saturated carbocycles. The van der Waals surface area contributed by atoms with E-state index in [1.165, 1.54) is 6.07 Å². The fraction of sp³-hybridized carbons (Fsp3) is 0.429. The fourth-order valence-electron chi connectivity index (χ4n) is 1.75. The summed E-state index contributed by atoms with van der Waals surface area (Å²) in [6.07, 6.45) is 0.258. The molecule has 2 atom stereocenters. The number of hydrogen-bond donors (Lipinski definition) is 2. The molecule has 110 valence electrons. The van der Waals surface area contributed by atoms with Crippen molar-refractivity contribution in [2.75, 3.05) is 0 Å². The van der Waals surface area contributed by atoms with Gasteiger partial charge in [0.1, 0.15) is 17.7 Å². The lowest BCUT2D eigenvalue weighted by Gasteiger charge is -2.20. The van der Waals surface area contributed by atoms with E-state index >= 15 is 0 Å². The summed E-state index contributed by atoms with van der Waals surface area (Å²) in [5.41, 5.74) is 0.0252. The van der Waals surface area contributed by atoms with Gasteiger partial charge in [-0.1, -0.05) is 26.3 Å². The first kappa shape index (κ1) is 16.1. The Hall–Kier alpha value is -1.98. The van der Waals surface area contributed by atoms with Crippen molar-refractivity contribution in [1.29, 1.82) is 0 Å². The number of amides is 1. The molecule has 0 aromatic heterocycles. The molecule has 1 amide bonds. The zero-order valence-electron chi connectivity index (χ0n) is 11.3. The first-order valence-corrected chi connectivity index (χ1v) is 6.31. The Kier molecular flexibility index (Phi) is 5.61. The predicted octanol–water partition coefficient (Wildman–Crippen LogP) is 2.12. The maximum Gasteiger partial charge on any atom is 0.326 e. The topological polar surface area (TPSA) is 66.4 Å². The van der Waals surface area contributed by atoms with Crippen LogP contribution in [0.1, 0.15) is 25.8 Å². The SMILES string of the molecule is CC[C@@H](C)[C@H](NC(=O)Cc1ccc(F)cc1F)C(=O)O. The molecule has 2 N–H and O–H groups in total. The summed E-state index contributed by atoms with van der Waals surface area (Å²) in [5, 5.41) is 11.4. The Balaban J connectivity index is 2.73. The van der Waals surface area contributed by atoms with E-state index in [0.29, 0.717) is 12.5 Å². The molecule has 1 rings (SSSR count). The minimum atomic E-state index is -1.13. The van der Waals surface area contributed by atoms with Gasteiger partial charge in [-0.05, 0) is 17.5 Å². The molecule has 0 saturated heterocycles. The van der Waals surface area contributed by atoms with E-state index in [9.17, 15) is 18.4 Å². The van der Waals surface area contributed by atoms with E-state index < -0.39 is 29.6 Å². The van der Waals surface area contributed by atoms with Gasteiger partial charge in [0.2, 0.25) is 5.91 Å². The molecule has 0 aliphatic rings. The maximum atomic E-state index is 13.4. The number of rotatable bonds is 6. The van der Waals surface area contributed by atoms with Crippen molar-refractivity contribution in [1.82, 2.24) is 5.32 Å². The van der Waals surface area contributed by atoms with Crippen LogP contribution in [0, 0.1) is 17.6 Å². The zero-order valence-corrected chi connectivity index (χ0v) is 11.3. The van der Waals surface area contributed by atoms with Gasteiger partial charge in [0, 0.05) is 6.07 Å². The molecule has 0 fully saturated rings. The van der Waals surface area contributed by atoms with Gasteiger partial charge in [-0.3, -0.25) is 4.79 Å². The monoisotopic (exact) mass is 285 g/mol. The average molecular weight is 285 g/mol. The Labute approximate surface area is 115 Å². The number of hydrogen-bond acceptors (Lipinski definition) is 2. The lowest BCUT2D eigenvalue weighted by molar-refractivity contribution is -0.143. The van der Waals surface area contributed by atoms with Gasteiger partial charge in [-0.25, -0.2) is 13.6 Å². The molecule has 0 radical (unpaired) electrons. The molecule has 4 nitrogen and oxygen atoms in total. The van der Waals surface area contributed by atoms with Crippen LogP contribution in [-0.4, -0.2) is 23.0 Å².